The van der Waals surface area contributed by atoms with Crippen LogP contribution in [0.1, 0.15) is 13.8 Å². The number of thioether (sulfide) groups is 1. The van der Waals surface area contributed by atoms with Crippen LogP contribution in [0.25, 0.3) is 0 Å². The Balaban J connectivity index is 2.35. The second-order valence-corrected chi connectivity index (χ2v) is 6.26. The van der Waals surface area contributed by atoms with Gasteiger partial charge in [-0.2, -0.15) is 0 Å². The number of carbonyl (C=O) groups is 2. The minimum atomic E-state index is -1.37. The van der Waals surface area contributed by atoms with Crippen molar-refractivity contribution in [3.05, 3.63) is 0 Å². The maximum atomic E-state index is 11.8. The molecule has 0 aromatic heterocycles. The first-order chi connectivity index (χ1) is 7.25. The van der Waals surface area contributed by atoms with Crippen molar-refractivity contribution in [2.24, 2.45) is 5.73 Å². The van der Waals surface area contributed by atoms with E-state index in [2.05, 4.69) is 0 Å². The molecule has 0 spiro atoms. The smallest absolute Gasteiger partial charge is 0.327 e. The number of fused-ring (bicyclic) bond motifs is 1. The third-order valence-corrected chi connectivity index (χ3v) is 4.74. The van der Waals surface area contributed by atoms with Crippen molar-refractivity contribution in [1.82, 2.24) is 4.90 Å². The molecule has 2 heterocycles. The van der Waals surface area contributed by atoms with E-state index in [1.807, 2.05) is 0 Å². The SMILES string of the molecule is COC1(N)C(=O)N2[C@@H](C(=O)O)C(C)(C)S[C@@H]21. The Morgan fingerprint density at radius 1 is 1.62 bits per heavy atom. The van der Waals surface area contributed by atoms with Gasteiger partial charge in [-0.3, -0.25) is 10.5 Å². The summed E-state index contributed by atoms with van der Waals surface area (Å²) in [6, 6.07) is -0.846. The maximum Gasteiger partial charge on any atom is 0.327 e. The van der Waals surface area contributed by atoms with Gasteiger partial charge in [-0.15, -0.1) is 11.8 Å². The van der Waals surface area contributed by atoms with E-state index in [1.54, 1.807) is 13.8 Å². The molecular formula is C9H14N2O4S. The molecule has 3 N–H and O–H groups in total. The molecule has 0 aliphatic carbocycles. The zero-order valence-electron chi connectivity index (χ0n) is 9.26. The van der Waals surface area contributed by atoms with E-state index < -0.39 is 33.8 Å². The average Bonchev–Trinajstić information content (AvgIpc) is 2.46. The number of β-lactam (4-membered cyclic amide) rings is 1. The van der Waals surface area contributed by atoms with Crippen molar-refractivity contribution >= 4 is 23.6 Å². The summed E-state index contributed by atoms with van der Waals surface area (Å²) in [4.78, 5) is 24.3. The predicted molar refractivity (Wildman–Crippen MR) is 57.7 cm³/mol. The number of nitrogens with zero attached hydrogens (tertiary/aromatic N) is 1. The fourth-order valence-corrected chi connectivity index (χ4v) is 3.86. The van der Waals surface area contributed by atoms with Crippen molar-refractivity contribution in [1.29, 1.82) is 0 Å². The highest BCUT2D eigenvalue weighted by molar-refractivity contribution is 8.01. The number of carbonyl (C=O) groups excluding carboxylic acids is 1. The molecule has 2 rings (SSSR count). The largest absolute Gasteiger partial charge is 0.480 e. The molecule has 3 atom stereocenters. The van der Waals surface area contributed by atoms with Crippen LogP contribution in [0.2, 0.25) is 0 Å². The van der Waals surface area contributed by atoms with Crippen molar-refractivity contribution in [2.45, 2.75) is 35.7 Å². The van der Waals surface area contributed by atoms with Crippen LogP contribution >= 0.6 is 11.8 Å². The van der Waals surface area contributed by atoms with Crippen LogP contribution in [0.15, 0.2) is 0 Å². The molecule has 16 heavy (non-hydrogen) atoms. The number of hydrogen-bond acceptors (Lipinski definition) is 5. The molecular weight excluding hydrogens is 232 g/mol. The van der Waals surface area contributed by atoms with Crippen molar-refractivity contribution in [2.75, 3.05) is 7.11 Å². The topological polar surface area (TPSA) is 92.9 Å². The summed E-state index contributed by atoms with van der Waals surface area (Å²) in [5.74, 6) is -1.46. The highest BCUT2D eigenvalue weighted by atomic mass is 32.2. The monoisotopic (exact) mass is 246 g/mol. The number of rotatable bonds is 2. The Hall–Kier alpha value is -0.790. The lowest BCUT2D eigenvalue weighted by molar-refractivity contribution is -0.192. The van der Waals surface area contributed by atoms with Crippen molar-refractivity contribution in [3.8, 4) is 0 Å². The summed E-state index contributed by atoms with van der Waals surface area (Å²) in [7, 11) is 1.36. The summed E-state index contributed by atoms with van der Waals surface area (Å²) in [5.41, 5.74) is 4.42. The fourth-order valence-electron chi connectivity index (χ4n) is 2.24. The van der Waals surface area contributed by atoms with E-state index in [4.69, 9.17) is 15.6 Å². The normalized spacial score (nSPS) is 40.5. The van der Waals surface area contributed by atoms with Crippen molar-refractivity contribution < 1.29 is 19.4 Å². The lowest BCUT2D eigenvalue weighted by Crippen LogP contribution is -2.78. The number of carboxylic acid groups (broad SMARTS) is 1. The van der Waals surface area contributed by atoms with Crippen LogP contribution in [0.3, 0.4) is 0 Å². The first kappa shape index (κ1) is 11.7. The zero-order valence-corrected chi connectivity index (χ0v) is 10.1. The number of nitrogens with two attached hydrogens (primary N) is 1. The van der Waals surface area contributed by atoms with Gasteiger partial charge in [0.1, 0.15) is 11.4 Å². The Labute approximate surface area is 97.1 Å². The highest BCUT2D eigenvalue weighted by Crippen LogP contribution is 2.54. The second kappa shape index (κ2) is 3.12. The number of carboxylic acids is 1. The molecule has 2 aliphatic rings. The summed E-state index contributed by atoms with van der Waals surface area (Å²) >= 11 is 1.36. The number of methoxy groups -OCH3 is 1. The fraction of sp³-hybridized carbons (Fsp3) is 0.778. The van der Waals surface area contributed by atoms with Gasteiger partial charge < -0.3 is 14.7 Å². The van der Waals surface area contributed by atoms with Gasteiger partial charge in [0.25, 0.3) is 5.91 Å². The molecule has 0 saturated carbocycles. The van der Waals surface area contributed by atoms with Crippen LogP contribution in [-0.2, 0) is 14.3 Å². The lowest BCUT2D eigenvalue weighted by atomic mass is 9.94. The lowest BCUT2D eigenvalue weighted by Gasteiger charge is -2.49. The summed E-state index contributed by atoms with van der Waals surface area (Å²) < 4.78 is 4.43. The Morgan fingerprint density at radius 3 is 2.62 bits per heavy atom. The summed E-state index contributed by atoms with van der Waals surface area (Å²) in [6.45, 7) is 3.58. The van der Waals surface area contributed by atoms with Gasteiger partial charge in [-0.1, -0.05) is 0 Å². The first-order valence-corrected chi connectivity index (χ1v) is 5.71. The van der Waals surface area contributed by atoms with E-state index in [0.717, 1.165) is 0 Å². The van der Waals surface area contributed by atoms with E-state index in [1.165, 1.54) is 23.8 Å². The van der Waals surface area contributed by atoms with Gasteiger partial charge in [0.2, 0.25) is 5.72 Å². The highest BCUT2D eigenvalue weighted by Gasteiger charge is 2.70. The second-order valence-electron chi connectivity index (χ2n) is 4.52. The molecule has 2 fully saturated rings. The van der Waals surface area contributed by atoms with E-state index in [0.29, 0.717) is 0 Å². The van der Waals surface area contributed by atoms with E-state index in [9.17, 15) is 9.59 Å². The molecule has 7 heteroatoms. The molecule has 6 nitrogen and oxygen atoms in total. The maximum absolute atomic E-state index is 11.8. The van der Waals surface area contributed by atoms with Gasteiger partial charge in [0, 0.05) is 11.9 Å². The number of hydrogen-bond donors (Lipinski definition) is 2. The number of ether oxygens (including phenoxy) is 1. The Kier molecular flexibility index (Phi) is 2.28. The van der Waals surface area contributed by atoms with Gasteiger partial charge in [0.05, 0.1) is 0 Å². The predicted octanol–water partition coefficient (Wildman–Crippen LogP) is -0.565. The molecule has 2 saturated heterocycles. The van der Waals surface area contributed by atoms with Gasteiger partial charge >= 0.3 is 5.97 Å². The van der Waals surface area contributed by atoms with Gasteiger partial charge in [-0.05, 0) is 13.8 Å². The number of amides is 1. The van der Waals surface area contributed by atoms with Crippen molar-refractivity contribution in [3.63, 3.8) is 0 Å². The van der Waals surface area contributed by atoms with E-state index >= 15 is 0 Å². The Bertz CT molecular complexity index is 373. The van der Waals surface area contributed by atoms with Crippen LogP contribution in [0.4, 0.5) is 0 Å². The van der Waals surface area contributed by atoms with Crippen LogP contribution in [-0.4, -0.2) is 50.9 Å². The van der Waals surface area contributed by atoms with Gasteiger partial charge in [-0.25, -0.2) is 4.79 Å². The van der Waals surface area contributed by atoms with Gasteiger partial charge in [0.15, 0.2) is 0 Å². The molecule has 0 aromatic carbocycles. The summed E-state index contributed by atoms with van der Waals surface area (Å²) in [5, 5.41) is 8.73. The molecule has 1 unspecified atom stereocenters. The molecule has 1 amide bonds. The standard InChI is InChI=1S/C9H14N2O4S/c1-8(2)4(5(12)13)11-6(14)9(10,15-3)7(11)16-8/h4,7H,10H2,1-3H3,(H,12,13)/t4-,7+,9?/m0/s1. The molecule has 2 aliphatic heterocycles. The van der Waals surface area contributed by atoms with Crippen LogP contribution in [0, 0.1) is 0 Å². The molecule has 0 aromatic rings. The summed E-state index contributed by atoms with van der Waals surface area (Å²) in [6.07, 6.45) is 0. The van der Waals surface area contributed by atoms with Crippen LogP contribution < -0.4 is 5.73 Å². The third kappa shape index (κ3) is 1.16. The van der Waals surface area contributed by atoms with E-state index in [-0.39, 0.29) is 0 Å². The quantitative estimate of drug-likeness (QED) is 0.501. The minimum absolute atomic E-state index is 0.416. The first-order valence-electron chi connectivity index (χ1n) is 4.83. The average molecular weight is 246 g/mol. The molecule has 0 radical (unpaired) electrons. The zero-order chi connectivity index (χ0) is 12.3. The Morgan fingerprint density at radius 2 is 2.19 bits per heavy atom. The molecule has 90 valence electrons. The minimum Gasteiger partial charge on any atom is -0.480 e. The molecule has 0 bridgehead atoms. The number of aliphatic carboxylic acids is 1. The van der Waals surface area contributed by atoms with Crippen LogP contribution in [0.5, 0.6) is 0 Å². The third-order valence-electron chi connectivity index (χ3n) is 3.11.